The predicted octanol–water partition coefficient (Wildman–Crippen LogP) is 1.55. The topological polar surface area (TPSA) is 94.7 Å². The van der Waals surface area contributed by atoms with Crippen LogP contribution in [0.15, 0.2) is 30.6 Å². The lowest BCUT2D eigenvalue weighted by Crippen LogP contribution is -2.39. The smallest absolute Gasteiger partial charge is 0.245 e. The Hall–Kier alpha value is -2.25. The van der Waals surface area contributed by atoms with E-state index < -0.39 is 0 Å². The number of hydrazine groups is 1. The Bertz CT molecular complexity index is 637. The van der Waals surface area contributed by atoms with Crippen molar-refractivity contribution in [1.29, 1.82) is 0 Å². The van der Waals surface area contributed by atoms with E-state index in [1.165, 1.54) is 17.5 Å². The number of nitrogens with zero attached hydrogens (tertiary/aromatic N) is 2. The van der Waals surface area contributed by atoms with Gasteiger partial charge in [0.05, 0.1) is 0 Å². The quantitative estimate of drug-likeness (QED) is 0.672. The highest BCUT2D eigenvalue weighted by molar-refractivity contribution is 5.93. The fourth-order valence-electron chi connectivity index (χ4n) is 2.77. The van der Waals surface area contributed by atoms with Crippen molar-refractivity contribution in [3.05, 3.63) is 41.7 Å². The average molecular weight is 314 g/mol. The van der Waals surface area contributed by atoms with Gasteiger partial charge in [-0.25, -0.2) is 16.0 Å². The van der Waals surface area contributed by atoms with Crippen molar-refractivity contribution < 1.29 is 4.79 Å². The number of carbonyl (C=O) groups excluding carboxylic acids is 1. The van der Waals surface area contributed by atoms with Gasteiger partial charge in [0.15, 0.2) is 0 Å². The van der Waals surface area contributed by atoms with Gasteiger partial charge in [-0.05, 0) is 29.9 Å². The molecule has 1 amide bonds. The molecule has 1 aromatic carbocycles. The molecule has 23 heavy (non-hydrogen) atoms. The number of H-pyrrole nitrogens is 1. The fraction of sp³-hybridized carbons (Fsp3) is 0.438. The Balaban J connectivity index is 1.57. The van der Waals surface area contributed by atoms with Crippen LogP contribution in [0.4, 0.5) is 5.95 Å². The maximum Gasteiger partial charge on any atom is 0.245 e. The van der Waals surface area contributed by atoms with Gasteiger partial charge in [0.1, 0.15) is 12.4 Å². The Morgan fingerprint density at radius 1 is 1.30 bits per heavy atom. The van der Waals surface area contributed by atoms with Gasteiger partial charge >= 0.3 is 0 Å². The number of aromatic nitrogens is 3. The third-order valence-electron chi connectivity index (χ3n) is 3.90. The zero-order valence-corrected chi connectivity index (χ0v) is 13.3. The van der Waals surface area contributed by atoms with Gasteiger partial charge in [-0.1, -0.05) is 38.1 Å². The summed E-state index contributed by atoms with van der Waals surface area (Å²) in [5.74, 6) is 0.878. The first-order valence-electron chi connectivity index (χ1n) is 7.88. The summed E-state index contributed by atoms with van der Waals surface area (Å²) < 4.78 is 0. The van der Waals surface area contributed by atoms with E-state index in [0.29, 0.717) is 18.3 Å². The minimum atomic E-state index is -0.305. The van der Waals surface area contributed by atoms with Gasteiger partial charge < -0.3 is 0 Å². The lowest BCUT2D eigenvalue weighted by atomic mass is 9.97. The van der Waals surface area contributed by atoms with Crippen LogP contribution in [0.25, 0.3) is 0 Å². The molecule has 0 saturated carbocycles. The fourth-order valence-corrected chi connectivity index (χ4v) is 2.77. The van der Waals surface area contributed by atoms with Crippen LogP contribution in [0.5, 0.6) is 0 Å². The summed E-state index contributed by atoms with van der Waals surface area (Å²) in [7, 11) is 0. The summed E-state index contributed by atoms with van der Waals surface area (Å²) in [6.45, 7) is 4.43. The van der Waals surface area contributed by atoms with E-state index in [4.69, 9.17) is 0 Å². The molecule has 0 spiro atoms. The van der Waals surface area contributed by atoms with Crippen molar-refractivity contribution in [2.24, 2.45) is 5.92 Å². The number of carbonyl (C=O) groups is 1. The molecule has 1 saturated heterocycles. The maximum atomic E-state index is 12.2. The Kier molecular flexibility index (Phi) is 4.68. The molecule has 0 bridgehead atoms. The average Bonchev–Trinajstić information content (AvgIpc) is 3.18. The van der Waals surface area contributed by atoms with Crippen LogP contribution in [-0.4, -0.2) is 27.1 Å². The van der Waals surface area contributed by atoms with Gasteiger partial charge in [0.2, 0.25) is 11.9 Å². The second-order valence-corrected chi connectivity index (χ2v) is 6.29. The summed E-state index contributed by atoms with van der Waals surface area (Å²) in [6, 6.07) is 8.41. The Morgan fingerprint density at radius 2 is 2.09 bits per heavy atom. The standard InChI is InChI=1S/C16H22N6O/c1-10(2)7-11-3-5-12(6-4-11)13-8-14(21-20-13)15(23)19-16-17-9-18-22-16/h3-6,9-10,13-14,20-21H,7-8H2,1-2H3,(H2,17,18,19,22,23). The summed E-state index contributed by atoms with van der Waals surface area (Å²) >= 11 is 0. The number of anilines is 1. The van der Waals surface area contributed by atoms with E-state index in [9.17, 15) is 4.79 Å². The molecular weight excluding hydrogens is 292 g/mol. The van der Waals surface area contributed by atoms with Crippen molar-refractivity contribution in [3.8, 4) is 0 Å². The minimum absolute atomic E-state index is 0.119. The third-order valence-corrected chi connectivity index (χ3v) is 3.90. The molecule has 2 aromatic rings. The van der Waals surface area contributed by atoms with Gasteiger partial charge in [0.25, 0.3) is 0 Å². The van der Waals surface area contributed by atoms with Crippen molar-refractivity contribution in [2.75, 3.05) is 5.32 Å². The molecule has 122 valence electrons. The summed E-state index contributed by atoms with van der Waals surface area (Å²) in [6.07, 6.45) is 3.12. The molecule has 2 unspecified atom stereocenters. The summed E-state index contributed by atoms with van der Waals surface area (Å²) in [5, 5.41) is 9.02. The molecule has 1 aromatic heterocycles. The normalized spacial score (nSPS) is 20.8. The lowest BCUT2D eigenvalue weighted by molar-refractivity contribution is -0.117. The molecule has 2 atom stereocenters. The number of rotatable bonds is 5. The second kappa shape index (κ2) is 6.89. The highest BCUT2D eigenvalue weighted by atomic mass is 16.2. The largest absolute Gasteiger partial charge is 0.293 e. The molecular formula is C16H22N6O. The van der Waals surface area contributed by atoms with E-state index in [-0.39, 0.29) is 18.0 Å². The van der Waals surface area contributed by atoms with Gasteiger partial charge in [0, 0.05) is 6.04 Å². The van der Waals surface area contributed by atoms with Crippen molar-refractivity contribution in [3.63, 3.8) is 0 Å². The third kappa shape index (κ3) is 3.94. The molecule has 4 N–H and O–H groups in total. The predicted molar refractivity (Wildman–Crippen MR) is 87.4 cm³/mol. The number of nitrogens with one attached hydrogen (secondary N) is 4. The first kappa shape index (κ1) is 15.6. The van der Waals surface area contributed by atoms with Crippen LogP contribution < -0.4 is 16.2 Å². The molecule has 0 aliphatic carbocycles. The Labute approximate surface area is 135 Å². The van der Waals surface area contributed by atoms with Gasteiger partial charge in [-0.3, -0.25) is 10.1 Å². The van der Waals surface area contributed by atoms with Crippen LogP contribution in [0.1, 0.15) is 37.4 Å². The number of amides is 1. The highest BCUT2D eigenvalue weighted by Gasteiger charge is 2.30. The highest BCUT2D eigenvalue weighted by Crippen LogP contribution is 2.23. The molecule has 1 aliphatic heterocycles. The maximum absolute atomic E-state index is 12.2. The number of hydrogen-bond acceptors (Lipinski definition) is 5. The molecule has 1 aliphatic rings. The molecule has 3 rings (SSSR count). The first-order valence-corrected chi connectivity index (χ1v) is 7.88. The van der Waals surface area contributed by atoms with Crippen molar-refractivity contribution >= 4 is 11.9 Å². The van der Waals surface area contributed by atoms with Gasteiger partial charge in [-0.2, -0.15) is 10.1 Å². The van der Waals surface area contributed by atoms with Crippen molar-refractivity contribution in [2.45, 2.75) is 38.8 Å². The Morgan fingerprint density at radius 3 is 2.74 bits per heavy atom. The van der Waals surface area contributed by atoms with Crippen molar-refractivity contribution in [1.82, 2.24) is 26.0 Å². The van der Waals surface area contributed by atoms with E-state index in [1.54, 1.807) is 0 Å². The monoisotopic (exact) mass is 314 g/mol. The van der Waals surface area contributed by atoms with E-state index in [0.717, 1.165) is 6.42 Å². The lowest BCUT2D eigenvalue weighted by Gasteiger charge is -2.11. The first-order chi connectivity index (χ1) is 11.1. The number of benzene rings is 1. The van der Waals surface area contributed by atoms with E-state index >= 15 is 0 Å². The van der Waals surface area contributed by atoms with Crippen LogP contribution in [-0.2, 0) is 11.2 Å². The van der Waals surface area contributed by atoms with E-state index in [1.807, 2.05) is 0 Å². The molecule has 2 heterocycles. The molecule has 7 nitrogen and oxygen atoms in total. The van der Waals surface area contributed by atoms with Gasteiger partial charge in [-0.15, -0.1) is 0 Å². The molecule has 0 radical (unpaired) electrons. The summed E-state index contributed by atoms with van der Waals surface area (Å²) in [4.78, 5) is 16.1. The van der Waals surface area contributed by atoms with Crippen LogP contribution in [0, 0.1) is 5.92 Å². The number of aromatic amines is 1. The zero-order valence-electron chi connectivity index (χ0n) is 13.3. The molecule has 1 fully saturated rings. The van der Waals surface area contributed by atoms with Crippen LogP contribution in [0.3, 0.4) is 0 Å². The number of hydrogen-bond donors (Lipinski definition) is 4. The van der Waals surface area contributed by atoms with Crippen LogP contribution in [0.2, 0.25) is 0 Å². The zero-order chi connectivity index (χ0) is 16.2. The van der Waals surface area contributed by atoms with E-state index in [2.05, 4.69) is 69.5 Å². The second-order valence-electron chi connectivity index (χ2n) is 6.29. The van der Waals surface area contributed by atoms with Crippen LogP contribution >= 0.6 is 0 Å². The minimum Gasteiger partial charge on any atom is -0.293 e. The SMILES string of the molecule is CC(C)Cc1ccc(C2CC(C(=O)Nc3ncn[nH]3)NN2)cc1. The molecule has 7 heteroatoms. The summed E-state index contributed by atoms with van der Waals surface area (Å²) in [5.41, 5.74) is 8.75.